The fourth-order valence-electron chi connectivity index (χ4n) is 5.02. The van der Waals surface area contributed by atoms with Gasteiger partial charge in [-0.2, -0.15) is 0 Å². The standard InChI is InChI=1S/C26H29N5O5S/c1-16-14-26(2,3)31(15-16)24-18(25(32)30-37(33,34)22-5-4-10-28-23(22)27)7-8-19(29-24)17-6-9-20-21(13-17)36-12-11-35-20/h4-10,13,16H,11-12,14-15H2,1-3H3,(H2,27,28)(H,30,32)/t16-/m0/s1. The van der Waals surface area contributed by atoms with E-state index in [0.717, 1.165) is 12.0 Å². The molecular weight excluding hydrogens is 494 g/mol. The molecule has 10 nitrogen and oxygen atoms in total. The second kappa shape index (κ2) is 9.22. The van der Waals surface area contributed by atoms with Gasteiger partial charge >= 0.3 is 0 Å². The molecule has 3 aromatic rings. The Balaban J connectivity index is 1.56. The van der Waals surface area contributed by atoms with Gasteiger partial charge in [-0.15, -0.1) is 0 Å². The fraction of sp³-hybridized carbons (Fsp3) is 0.346. The van der Waals surface area contributed by atoms with E-state index in [1.165, 1.54) is 18.3 Å². The molecule has 1 aromatic carbocycles. The second-order valence-electron chi connectivity index (χ2n) is 9.98. The third kappa shape index (κ3) is 4.78. The van der Waals surface area contributed by atoms with Crippen LogP contribution in [0.2, 0.25) is 0 Å². The van der Waals surface area contributed by atoms with Gasteiger partial charge in [-0.25, -0.2) is 23.1 Å². The molecular formula is C26H29N5O5S. The number of aromatic nitrogens is 2. The summed E-state index contributed by atoms with van der Waals surface area (Å²) < 4.78 is 39.4. The first kappa shape index (κ1) is 24.8. The number of fused-ring (bicyclic) bond motifs is 1. The van der Waals surface area contributed by atoms with E-state index in [-0.39, 0.29) is 21.8 Å². The molecule has 2 aliphatic rings. The average Bonchev–Trinajstić information content (AvgIpc) is 3.14. The lowest BCUT2D eigenvalue weighted by Gasteiger charge is -2.34. The van der Waals surface area contributed by atoms with Crippen molar-refractivity contribution in [3.05, 3.63) is 54.2 Å². The summed E-state index contributed by atoms with van der Waals surface area (Å²) in [5.74, 6) is 1.09. The predicted octanol–water partition coefficient (Wildman–Crippen LogP) is 3.24. The number of anilines is 2. The minimum atomic E-state index is -4.25. The van der Waals surface area contributed by atoms with Gasteiger partial charge in [0.05, 0.1) is 11.3 Å². The maximum absolute atomic E-state index is 13.4. The molecule has 2 aromatic heterocycles. The summed E-state index contributed by atoms with van der Waals surface area (Å²) >= 11 is 0. The number of hydrogen-bond acceptors (Lipinski definition) is 9. The van der Waals surface area contributed by atoms with Crippen LogP contribution in [0.1, 0.15) is 37.6 Å². The first-order chi connectivity index (χ1) is 17.5. The van der Waals surface area contributed by atoms with Gasteiger partial charge in [-0.3, -0.25) is 4.79 Å². The first-order valence-electron chi connectivity index (χ1n) is 12.0. The van der Waals surface area contributed by atoms with Crippen LogP contribution in [-0.4, -0.2) is 49.6 Å². The van der Waals surface area contributed by atoms with Crippen LogP contribution in [0.25, 0.3) is 11.3 Å². The Morgan fingerprint density at radius 1 is 1.14 bits per heavy atom. The van der Waals surface area contributed by atoms with E-state index < -0.39 is 15.9 Å². The van der Waals surface area contributed by atoms with Crippen LogP contribution in [-0.2, 0) is 10.0 Å². The van der Waals surface area contributed by atoms with Crippen molar-refractivity contribution in [3.8, 4) is 22.8 Å². The Bertz CT molecular complexity index is 1470. The maximum atomic E-state index is 13.4. The van der Waals surface area contributed by atoms with Crippen molar-refractivity contribution in [3.63, 3.8) is 0 Å². The van der Waals surface area contributed by atoms with Gasteiger partial charge in [0.2, 0.25) is 0 Å². The number of sulfonamides is 1. The molecule has 194 valence electrons. The van der Waals surface area contributed by atoms with Crippen LogP contribution < -0.4 is 24.8 Å². The highest BCUT2D eigenvalue weighted by Crippen LogP contribution is 2.39. The van der Waals surface area contributed by atoms with Crippen molar-refractivity contribution in [2.75, 3.05) is 30.4 Å². The number of amides is 1. The Morgan fingerprint density at radius 3 is 2.59 bits per heavy atom. The minimum absolute atomic E-state index is 0.148. The smallest absolute Gasteiger partial charge is 0.268 e. The molecule has 4 heterocycles. The molecule has 0 bridgehead atoms. The van der Waals surface area contributed by atoms with Crippen LogP contribution in [0.3, 0.4) is 0 Å². The number of carbonyl (C=O) groups is 1. The Kier molecular flexibility index (Phi) is 6.18. The molecule has 5 rings (SSSR count). The number of pyridine rings is 2. The number of benzene rings is 1. The zero-order valence-electron chi connectivity index (χ0n) is 20.9. The lowest BCUT2D eigenvalue weighted by atomic mass is 9.97. The number of carbonyl (C=O) groups excluding carboxylic acids is 1. The van der Waals surface area contributed by atoms with Crippen molar-refractivity contribution in [2.45, 2.75) is 37.6 Å². The summed E-state index contributed by atoms with van der Waals surface area (Å²) in [7, 11) is -4.25. The Labute approximate surface area is 215 Å². The molecule has 11 heteroatoms. The highest BCUT2D eigenvalue weighted by Gasteiger charge is 2.39. The van der Waals surface area contributed by atoms with Crippen LogP contribution in [0.15, 0.2) is 53.6 Å². The van der Waals surface area contributed by atoms with Gasteiger partial charge in [0.15, 0.2) is 11.5 Å². The number of nitrogen functional groups attached to an aromatic ring is 1. The highest BCUT2D eigenvalue weighted by molar-refractivity contribution is 7.90. The van der Waals surface area contributed by atoms with Crippen LogP contribution in [0.4, 0.5) is 11.6 Å². The summed E-state index contributed by atoms with van der Waals surface area (Å²) in [6.07, 6.45) is 2.28. The monoisotopic (exact) mass is 523 g/mol. The molecule has 3 N–H and O–H groups in total. The van der Waals surface area contributed by atoms with Crippen molar-refractivity contribution in [1.29, 1.82) is 0 Å². The molecule has 37 heavy (non-hydrogen) atoms. The number of hydrogen-bond donors (Lipinski definition) is 2. The summed E-state index contributed by atoms with van der Waals surface area (Å²) in [6, 6.07) is 11.6. The van der Waals surface area contributed by atoms with Gasteiger partial charge in [0.25, 0.3) is 15.9 Å². The lowest BCUT2D eigenvalue weighted by Crippen LogP contribution is -2.41. The normalized spacial score (nSPS) is 18.5. The van der Waals surface area contributed by atoms with Crippen molar-refractivity contribution in [2.24, 2.45) is 5.92 Å². The summed E-state index contributed by atoms with van der Waals surface area (Å²) in [5, 5.41) is 0. The Hall–Kier alpha value is -3.86. The highest BCUT2D eigenvalue weighted by atomic mass is 32.2. The third-order valence-electron chi connectivity index (χ3n) is 6.60. The zero-order chi connectivity index (χ0) is 26.4. The van der Waals surface area contributed by atoms with Crippen molar-refractivity contribution < 1.29 is 22.7 Å². The number of rotatable bonds is 5. The minimum Gasteiger partial charge on any atom is -0.486 e. The third-order valence-corrected chi connectivity index (χ3v) is 7.98. The van der Waals surface area contributed by atoms with E-state index in [0.29, 0.717) is 48.7 Å². The van der Waals surface area contributed by atoms with Gasteiger partial charge in [0, 0.05) is 23.8 Å². The van der Waals surface area contributed by atoms with Crippen molar-refractivity contribution >= 4 is 27.6 Å². The van der Waals surface area contributed by atoms with Crippen LogP contribution in [0.5, 0.6) is 11.5 Å². The van der Waals surface area contributed by atoms with E-state index in [2.05, 4.69) is 35.4 Å². The molecule has 2 aliphatic heterocycles. The maximum Gasteiger partial charge on any atom is 0.268 e. The van der Waals surface area contributed by atoms with E-state index in [4.69, 9.17) is 20.2 Å². The summed E-state index contributed by atoms with van der Waals surface area (Å²) in [6.45, 7) is 7.95. The van der Waals surface area contributed by atoms with Gasteiger partial charge in [-0.1, -0.05) is 6.92 Å². The van der Waals surface area contributed by atoms with Gasteiger partial charge in [-0.05, 0) is 68.7 Å². The molecule has 1 saturated heterocycles. The summed E-state index contributed by atoms with van der Waals surface area (Å²) in [4.78, 5) is 23.9. The van der Waals surface area contributed by atoms with Gasteiger partial charge < -0.3 is 20.1 Å². The average molecular weight is 524 g/mol. The largest absolute Gasteiger partial charge is 0.486 e. The second-order valence-corrected chi connectivity index (χ2v) is 11.6. The summed E-state index contributed by atoms with van der Waals surface area (Å²) in [5.41, 5.74) is 7.02. The fourth-order valence-corrected chi connectivity index (χ4v) is 6.07. The molecule has 0 aliphatic carbocycles. The van der Waals surface area contributed by atoms with E-state index >= 15 is 0 Å². The number of nitrogens with zero attached hydrogens (tertiary/aromatic N) is 3. The zero-order valence-corrected chi connectivity index (χ0v) is 21.7. The quantitative estimate of drug-likeness (QED) is 0.516. The first-order valence-corrected chi connectivity index (χ1v) is 13.5. The lowest BCUT2D eigenvalue weighted by molar-refractivity contribution is 0.0981. The van der Waals surface area contributed by atoms with E-state index in [9.17, 15) is 13.2 Å². The molecule has 1 fully saturated rings. The molecule has 1 atom stereocenters. The van der Waals surface area contributed by atoms with Crippen LogP contribution >= 0.6 is 0 Å². The molecule has 0 spiro atoms. The number of nitrogens with one attached hydrogen (secondary N) is 1. The topological polar surface area (TPSA) is 137 Å². The molecule has 1 amide bonds. The predicted molar refractivity (Wildman–Crippen MR) is 139 cm³/mol. The molecule has 0 radical (unpaired) electrons. The number of ether oxygens (including phenoxy) is 2. The SMILES string of the molecule is C[C@@H]1CN(c2nc(-c3ccc4c(c3)OCCO4)ccc2C(=O)NS(=O)(=O)c2cccnc2N)C(C)(C)C1. The molecule has 0 saturated carbocycles. The van der Waals surface area contributed by atoms with E-state index in [1.807, 2.05) is 18.2 Å². The van der Waals surface area contributed by atoms with E-state index in [1.54, 1.807) is 12.1 Å². The molecule has 0 unspecified atom stereocenters. The van der Waals surface area contributed by atoms with Gasteiger partial charge in [0.1, 0.15) is 29.7 Å². The Morgan fingerprint density at radius 2 is 1.89 bits per heavy atom. The number of nitrogens with two attached hydrogens (primary N) is 1. The van der Waals surface area contributed by atoms with Crippen LogP contribution in [0, 0.1) is 5.92 Å². The van der Waals surface area contributed by atoms with Crippen molar-refractivity contribution in [1.82, 2.24) is 14.7 Å².